The van der Waals surface area contributed by atoms with E-state index in [0.29, 0.717) is 5.69 Å². The van der Waals surface area contributed by atoms with Crippen LogP contribution in [0, 0.1) is 6.92 Å². The summed E-state index contributed by atoms with van der Waals surface area (Å²) in [7, 11) is 1.25. The summed E-state index contributed by atoms with van der Waals surface area (Å²) in [5.41, 5.74) is 0.161. The lowest BCUT2D eigenvalue weighted by Gasteiger charge is -2.09. The van der Waals surface area contributed by atoms with Crippen molar-refractivity contribution in [2.45, 2.75) is 32.7 Å². The van der Waals surface area contributed by atoms with Crippen LogP contribution in [0.15, 0.2) is 8.89 Å². The predicted octanol–water partition coefficient (Wildman–Crippen LogP) is 2.60. The third kappa shape index (κ3) is 3.16. The Bertz CT molecular complexity index is 686. The Morgan fingerprint density at radius 1 is 1.45 bits per heavy atom. The first kappa shape index (κ1) is 16.5. The van der Waals surface area contributed by atoms with Gasteiger partial charge in [-0.05, 0) is 29.8 Å². The lowest BCUT2D eigenvalue weighted by atomic mass is 10.3. The summed E-state index contributed by atoms with van der Waals surface area (Å²) in [6, 6.07) is -0.553. The molecular formula is C12H13BrF2N4O3. The highest BCUT2D eigenvalue weighted by Crippen LogP contribution is 2.31. The van der Waals surface area contributed by atoms with Crippen LogP contribution in [0.3, 0.4) is 0 Å². The quantitative estimate of drug-likeness (QED) is 0.743. The number of carbonyl (C=O) groups excluding carboxylic acids is 1. The molecule has 0 aromatic carbocycles. The number of aromatic nitrogens is 4. The van der Waals surface area contributed by atoms with Gasteiger partial charge in [-0.25, -0.2) is 8.78 Å². The van der Waals surface area contributed by atoms with Crippen LogP contribution < -0.4 is 0 Å². The molecule has 2 heterocycles. The molecule has 7 nitrogen and oxygen atoms in total. The van der Waals surface area contributed by atoms with E-state index < -0.39 is 18.4 Å². The first-order valence-corrected chi connectivity index (χ1v) is 7.06. The van der Waals surface area contributed by atoms with Crippen molar-refractivity contribution in [3.05, 3.63) is 27.6 Å². The zero-order valence-corrected chi connectivity index (χ0v) is 13.6. The minimum Gasteiger partial charge on any atom is -0.469 e. The van der Waals surface area contributed by atoms with E-state index in [4.69, 9.17) is 4.42 Å². The van der Waals surface area contributed by atoms with Crippen LogP contribution in [0.2, 0.25) is 0 Å². The van der Waals surface area contributed by atoms with Crippen molar-refractivity contribution in [2.24, 2.45) is 0 Å². The number of alkyl halides is 2. The van der Waals surface area contributed by atoms with Gasteiger partial charge in [-0.15, -0.1) is 10.2 Å². The van der Waals surface area contributed by atoms with Crippen molar-refractivity contribution in [3.63, 3.8) is 0 Å². The molecule has 1 atom stereocenters. The van der Waals surface area contributed by atoms with Gasteiger partial charge in [0.2, 0.25) is 11.8 Å². The monoisotopic (exact) mass is 378 g/mol. The highest BCUT2D eigenvalue weighted by atomic mass is 79.9. The highest BCUT2D eigenvalue weighted by Gasteiger charge is 2.25. The average molecular weight is 379 g/mol. The van der Waals surface area contributed by atoms with Gasteiger partial charge in [0.05, 0.1) is 17.3 Å². The molecular weight excluding hydrogens is 366 g/mol. The van der Waals surface area contributed by atoms with Gasteiger partial charge in [-0.3, -0.25) is 9.48 Å². The fraction of sp³-hybridized carbons (Fsp3) is 0.500. The summed E-state index contributed by atoms with van der Waals surface area (Å²) in [5.74, 6) is -0.259. The van der Waals surface area contributed by atoms with Crippen molar-refractivity contribution in [1.82, 2.24) is 20.0 Å². The van der Waals surface area contributed by atoms with Crippen LogP contribution in [-0.4, -0.2) is 33.1 Å². The Labute approximate surface area is 132 Å². The number of carbonyl (C=O) groups is 1. The maximum Gasteiger partial charge on any atom is 0.315 e. The molecule has 22 heavy (non-hydrogen) atoms. The SMILES string of the molecule is COC(=O)Cc1nnc(C(C)n2nc(C(F)F)c(Br)c2C)o1. The molecule has 2 aromatic rings. The number of hydrogen-bond acceptors (Lipinski definition) is 6. The first-order chi connectivity index (χ1) is 10.3. The molecule has 0 aliphatic rings. The predicted molar refractivity (Wildman–Crippen MR) is 73.5 cm³/mol. The van der Waals surface area contributed by atoms with Crippen molar-refractivity contribution in [1.29, 1.82) is 0 Å². The topological polar surface area (TPSA) is 83.0 Å². The first-order valence-electron chi connectivity index (χ1n) is 6.26. The third-order valence-electron chi connectivity index (χ3n) is 3.04. The largest absolute Gasteiger partial charge is 0.469 e. The summed E-state index contributed by atoms with van der Waals surface area (Å²) in [5, 5.41) is 11.4. The van der Waals surface area contributed by atoms with E-state index in [-0.39, 0.29) is 28.4 Å². The number of hydrogen-bond donors (Lipinski definition) is 0. The van der Waals surface area contributed by atoms with Gasteiger partial charge in [0.15, 0.2) is 0 Å². The van der Waals surface area contributed by atoms with E-state index in [1.807, 2.05) is 0 Å². The zero-order valence-electron chi connectivity index (χ0n) is 12.0. The Hall–Kier alpha value is -1.84. The summed E-state index contributed by atoms with van der Waals surface area (Å²) >= 11 is 3.10. The van der Waals surface area contributed by atoms with Gasteiger partial charge < -0.3 is 9.15 Å². The second-order valence-electron chi connectivity index (χ2n) is 4.49. The number of methoxy groups -OCH3 is 1. The fourth-order valence-electron chi connectivity index (χ4n) is 1.84. The van der Waals surface area contributed by atoms with Gasteiger partial charge in [-0.2, -0.15) is 5.10 Å². The molecule has 1 unspecified atom stereocenters. The molecule has 0 aliphatic heterocycles. The van der Waals surface area contributed by atoms with E-state index in [2.05, 4.69) is 36.0 Å². The van der Waals surface area contributed by atoms with Crippen LogP contribution in [0.4, 0.5) is 8.78 Å². The lowest BCUT2D eigenvalue weighted by molar-refractivity contribution is -0.140. The Morgan fingerprint density at radius 2 is 2.14 bits per heavy atom. The maximum absolute atomic E-state index is 12.9. The normalized spacial score (nSPS) is 12.7. The molecule has 0 spiro atoms. The van der Waals surface area contributed by atoms with E-state index in [9.17, 15) is 13.6 Å². The molecule has 10 heteroatoms. The maximum atomic E-state index is 12.9. The zero-order chi connectivity index (χ0) is 16.4. The molecule has 0 radical (unpaired) electrons. The molecule has 0 saturated heterocycles. The summed E-state index contributed by atoms with van der Waals surface area (Å²) in [6.07, 6.45) is -2.85. The number of ether oxygens (including phenoxy) is 1. The second-order valence-corrected chi connectivity index (χ2v) is 5.29. The summed E-state index contributed by atoms with van der Waals surface area (Å²) in [6.45, 7) is 3.32. The molecule has 2 rings (SSSR count). The Morgan fingerprint density at radius 3 is 2.68 bits per heavy atom. The van der Waals surface area contributed by atoms with Gasteiger partial charge in [0.25, 0.3) is 6.43 Å². The molecule has 0 saturated carbocycles. The van der Waals surface area contributed by atoms with E-state index in [0.717, 1.165) is 0 Å². The average Bonchev–Trinajstić information content (AvgIpc) is 3.05. The summed E-state index contributed by atoms with van der Waals surface area (Å²) < 4.78 is 37.2. The number of halogens is 3. The van der Waals surface area contributed by atoms with Gasteiger partial charge >= 0.3 is 5.97 Å². The smallest absolute Gasteiger partial charge is 0.315 e. The van der Waals surface area contributed by atoms with Crippen LogP contribution in [0.25, 0.3) is 0 Å². The molecule has 0 N–H and O–H groups in total. The Kier molecular flexibility index (Phi) is 4.89. The van der Waals surface area contributed by atoms with Crippen LogP contribution in [0.1, 0.15) is 42.6 Å². The van der Waals surface area contributed by atoms with Crippen LogP contribution in [0.5, 0.6) is 0 Å². The van der Waals surface area contributed by atoms with E-state index in [1.54, 1.807) is 13.8 Å². The molecule has 0 aliphatic carbocycles. The molecule has 120 valence electrons. The highest BCUT2D eigenvalue weighted by molar-refractivity contribution is 9.10. The van der Waals surface area contributed by atoms with Crippen molar-refractivity contribution < 1.29 is 22.7 Å². The third-order valence-corrected chi connectivity index (χ3v) is 4.02. The van der Waals surface area contributed by atoms with E-state index >= 15 is 0 Å². The molecule has 0 bridgehead atoms. The second kappa shape index (κ2) is 6.51. The minimum absolute atomic E-state index is 0.0895. The molecule has 0 amide bonds. The Balaban J connectivity index is 2.27. The van der Waals surface area contributed by atoms with Gasteiger partial charge in [0.1, 0.15) is 18.2 Å². The number of nitrogens with zero attached hydrogens (tertiary/aromatic N) is 4. The van der Waals surface area contributed by atoms with Crippen LogP contribution in [-0.2, 0) is 16.0 Å². The summed E-state index contributed by atoms with van der Waals surface area (Å²) in [4.78, 5) is 11.2. The minimum atomic E-state index is -2.70. The standard InChI is InChI=1S/C12H13BrF2N4O3/c1-5-9(13)10(11(14)15)18-19(5)6(2)12-17-16-7(22-12)4-8(20)21-3/h6,11H,4H2,1-3H3. The molecule has 0 fully saturated rings. The van der Waals surface area contributed by atoms with Crippen molar-refractivity contribution >= 4 is 21.9 Å². The van der Waals surface area contributed by atoms with Crippen molar-refractivity contribution in [3.8, 4) is 0 Å². The molecule has 2 aromatic heterocycles. The number of rotatable bonds is 5. The number of esters is 1. The van der Waals surface area contributed by atoms with E-state index in [1.165, 1.54) is 11.8 Å². The van der Waals surface area contributed by atoms with Gasteiger partial charge in [0, 0.05) is 0 Å². The van der Waals surface area contributed by atoms with Crippen molar-refractivity contribution in [2.75, 3.05) is 7.11 Å². The van der Waals surface area contributed by atoms with Crippen LogP contribution >= 0.6 is 15.9 Å². The van der Waals surface area contributed by atoms with Gasteiger partial charge in [-0.1, -0.05) is 0 Å². The lowest BCUT2D eigenvalue weighted by Crippen LogP contribution is -2.11. The fourth-order valence-corrected chi connectivity index (χ4v) is 2.28.